The fourth-order valence-electron chi connectivity index (χ4n) is 1.60. The van der Waals surface area contributed by atoms with Gasteiger partial charge in [-0.15, -0.1) is 0 Å². The molecule has 1 aromatic rings. The Morgan fingerprint density at radius 1 is 1.47 bits per heavy atom. The molecule has 84 valence electrons. The lowest BCUT2D eigenvalue weighted by molar-refractivity contribution is 0.403. The van der Waals surface area contributed by atoms with Crippen LogP contribution in [0.4, 0.5) is 0 Å². The van der Waals surface area contributed by atoms with Gasteiger partial charge in [0, 0.05) is 16.6 Å². The lowest BCUT2D eigenvalue weighted by Crippen LogP contribution is -2.11. The zero-order chi connectivity index (χ0) is 11.4. The number of nitrogens with two attached hydrogens (primary N) is 1. The second-order valence-electron chi connectivity index (χ2n) is 3.74. The molecule has 0 saturated carbocycles. The van der Waals surface area contributed by atoms with Gasteiger partial charge in [0.05, 0.1) is 7.11 Å². The Bertz CT molecular complexity index is 339. The van der Waals surface area contributed by atoms with Crippen molar-refractivity contribution in [3.8, 4) is 5.75 Å². The summed E-state index contributed by atoms with van der Waals surface area (Å²) in [6.45, 7) is 4.07. The number of ether oxygens (including phenoxy) is 1. The summed E-state index contributed by atoms with van der Waals surface area (Å²) < 4.78 is 5.31. The highest BCUT2D eigenvalue weighted by Gasteiger charge is 2.13. The molecule has 1 aromatic carbocycles. The van der Waals surface area contributed by atoms with Gasteiger partial charge >= 0.3 is 0 Å². The summed E-state index contributed by atoms with van der Waals surface area (Å²) in [7, 11) is 1.66. The fraction of sp³-hybridized carbons (Fsp3) is 0.500. The summed E-state index contributed by atoms with van der Waals surface area (Å²) in [4.78, 5) is 0. The van der Waals surface area contributed by atoms with E-state index in [1.807, 2.05) is 19.1 Å². The molecule has 0 amide bonds. The number of hydrogen-bond donors (Lipinski definition) is 1. The van der Waals surface area contributed by atoms with Crippen LogP contribution in [0.2, 0.25) is 5.02 Å². The van der Waals surface area contributed by atoms with Crippen molar-refractivity contribution in [1.82, 2.24) is 0 Å². The number of halogens is 1. The van der Waals surface area contributed by atoms with Crippen molar-refractivity contribution in [2.75, 3.05) is 7.11 Å². The fourth-order valence-corrected chi connectivity index (χ4v) is 1.78. The minimum absolute atomic E-state index is 0.00282. The first kappa shape index (κ1) is 12.3. The van der Waals surface area contributed by atoms with E-state index in [0.29, 0.717) is 0 Å². The lowest BCUT2D eigenvalue weighted by atomic mass is 10.0. The van der Waals surface area contributed by atoms with Crippen LogP contribution in [-0.4, -0.2) is 7.11 Å². The monoisotopic (exact) mass is 227 g/mol. The summed E-state index contributed by atoms with van der Waals surface area (Å²) in [5.41, 5.74) is 8.07. The van der Waals surface area contributed by atoms with E-state index in [-0.39, 0.29) is 6.04 Å². The first-order valence-corrected chi connectivity index (χ1v) is 5.57. The smallest absolute Gasteiger partial charge is 0.123 e. The minimum Gasteiger partial charge on any atom is -0.496 e. The van der Waals surface area contributed by atoms with Gasteiger partial charge in [0.1, 0.15) is 5.75 Å². The highest BCUT2D eigenvalue weighted by atomic mass is 35.5. The highest BCUT2D eigenvalue weighted by molar-refractivity contribution is 6.31. The summed E-state index contributed by atoms with van der Waals surface area (Å²) in [5, 5.41) is 0.748. The van der Waals surface area contributed by atoms with Gasteiger partial charge in [-0.2, -0.15) is 0 Å². The Labute approximate surface area is 96.4 Å². The van der Waals surface area contributed by atoms with Crippen LogP contribution in [0.3, 0.4) is 0 Å². The minimum atomic E-state index is 0.00282. The molecular weight excluding hydrogens is 210 g/mol. The van der Waals surface area contributed by atoms with Crippen LogP contribution in [0, 0.1) is 6.92 Å². The molecule has 0 heterocycles. The summed E-state index contributed by atoms with van der Waals surface area (Å²) >= 11 is 6.08. The molecule has 0 radical (unpaired) electrons. The molecule has 0 fully saturated rings. The zero-order valence-electron chi connectivity index (χ0n) is 9.51. The van der Waals surface area contributed by atoms with E-state index in [4.69, 9.17) is 22.1 Å². The number of aryl methyl sites for hydroxylation is 1. The van der Waals surface area contributed by atoms with Crippen molar-refractivity contribution in [1.29, 1.82) is 0 Å². The topological polar surface area (TPSA) is 35.2 Å². The number of rotatable bonds is 4. The molecular formula is C12H18ClNO. The predicted molar refractivity (Wildman–Crippen MR) is 64.6 cm³/mol. The van der Waals surface area contributed by atoms with Crippen LogP contribution < -0.4 is 10.5 Å². The largest absolute Gasteiger partial charge is 0.496 e. The van der Waals surface area contributed by atoms with Crippen LogP contribution in [0.5, 0.6) is 5.75 Å². The van der Waals surface area contributed by atoms with E-state index < -0.39 is 0 Å². The number of benzene rings is 1. The zero-order valence-corrected chi connectivity index (χ0v) is 10.3. The maximum Gasteiger partial charge on any atom is 0.123 e. The van der Waals surface area contributed by atoms with Gasteiger partial charge in [-0.25, -0.2) is 0 Å². The van der Waals surface area contributed by atoms with Crippen molar-refractivity contribution < 1.29 is 4.74 Å². The van der Waals surface area contributed by atoms with Gasteiger partial charge in [-0.05, 0) is 31.0 Å². The van der Waals surface area contributed by atoms with Gasteiger partial charge in [-0.3, -0.25) is 0 Å². The Morgan fingerprint density at radius 2 is 2.13 bits per heavy atom. The van der Waals surface area contributed by atoms with Crippen LogP contribution in [0.15, 0.2) is 12.1 Å². The average Bonchev–Trinajstić information content (AvgIpc) is 2.21. The molecule has 1 rings (SSSR count). The lowest BCUT2D eigenvalue weighted by Gasteiger charge is -2.16. The van der Waals surface area contributed by atoms with E-state index in [2.05, 4.69) is 6.92 Å². The Hall–Kier alpha value is -0.730. The quantitative estimate of drug-likeness (QED) is 0.855. The SMILES string of the molecule is CCCC(N)c1cc(Cl)c(C)cc1OC. The molecule has 1 unspecified atom stereocenters. The molecule has 0 spiro atoms. The van der Waals surface area contributed by atoms with Crippen LogP contribution in [0.1, 0.15) is 36.9 Å². The Morgan fingerprint density at radius 3 is 2.67 bits per heavy atom. The number of methoxy groups -OCH3 is 1. The molecule has 0 saturated heterocycles. The maximum absolute atomic E-state index is 6.08. The molecule has 2 nitrogen and oxygen atoms in total. The standard InChI is InChI=1S/C12H18ClNO/c1-4-5-11(14)9-7-10(13)8(2)6-12(9)15-3/h6-7,11H,4-5,14H2,1-3H3. The van der Waals surface area contributed by atoms with Crippen molar-refractivity contribution in [2.45, 2.75) is 32.7 Å². The third kappa shape index (κ3) is 2.86. The van der Waals surface area contributed by atoms with Crippen molar-refractivity contribution in [2.24, 2.45) is 5.73 Å². The second-order valence-corrected chi connectivity index (χ2v) is 4.15. The van der Waals surface area contributed by atoms with E-state index in [9.17, 15) is 0 Å². The highest BCUT2D eigenvalue weighted by Crippen LogP contribution is 2.31. The molecule has 0 aliphatic carbocycles. The van der Waals surface area contributed by atoms with Gasteiger partial charge in [0.25, 0.3) is 0 Å². The summed E-state index contributed by atoms with van der Waals surface area (Å²) in [5.74, 6) is 0.831. The first-order chi connectivity index (χ1) is 7.10. The Balaban J connectivity index is 3.09. The summed E-state index contributed by atoms with van der Waals surface area (Å²) in [6.07, 6.45) is 1.99. The first-order valence-electron chi connectivity index (χ1n) is 5.19. The third-order valence-electron chi connectivity index (χ3n) is 2.51. The van der Waals surface area contributed by atoms with Crippen molar-refractivity contribution in [3.63, 3.8) is 0 Å². The summed E-state index contributed by atoms with van der Waals surface area (Å²) in [6, 6.07) is 3.85. The van der Waals surface area contributed by atoms with Crippen molar-refractivity contribution in [3.05, 3.63) is 28.3 Å². The molecule has 1 atom stereocenters. The average molecular weight is 228 g/mol. The van der Waals surface area contributed by atoms with Gasteiger partial charge in [-0.1, -0.05) is 24.9 Å². The van der Waals surface area contributed by atoms with Gasteiger partial charge in [0.2, 0.25) is 0 Å². The second kappa shape index (κ2) is 5.38. The van der Waals surface area contributed by atoms with E-state index in [1.54, 1.807) is 7.11 Å². The van der Waals surface area contributed by atoms with E-state index in [0.717, 1.165) is 34.7 Å². The Kier molecular flexibility index (Phi) is 4.43. The van der Waals surface area contributed by atoms with E-state index >= 15 is 0 Å². The maximum atomic E-state index is 6.08. The molecule has 15 heavy (non-hydrogen) atoms. The number of hydrogen-bond acceptors (Lipinski definition) is 2. The van der Waals surface area contributed by atoms with Gasteiger partial charge < -0.3 is 10.5 Å². The normalized spacial score (nSPS) is 12.6. The molecule has 0 aliphatic heterocycles. The molecule has 0 aliphatic rings. The van der Waals surface area contributed by atoms with Crippen molar-refractivity contribution >= 4 is 11.6 Å². The van der Waals surface area contributed by atoms with Crippen LogP contribution in [0.25, 0.3) is 0 Å². The van der Waals surface area contributed by atoms with E-state index in [1.165, 1.54) is 0 Å². The van der Waals surface area contributed by atoms with Crippen LogP contribution in [-0.2, 0) is 0 Å². The predicted octanol–water partition coefficient (Wildman–Crippen LogP) is 3.46. The molecule has 3 heteroatoms. The van der Waals surface area contributed by atoms with Crippen LogP contribution >= 0.6 is 11.6 Å². The third-order valence-corrected chi connectivity index (χ3v) is 2.92. The molecule has 0 bridgehead atoms. The molecule has 2 N–H and O–H groups in total. The molecule has 0 aromatic heterocycles. The van der Waals surface area contributed by atoms with Gasteiger partial charge in [0.15, 0.2) is 0 Å².